The van der Waals surface area contributed by atoms with E-state index < -0.39 is 0 Å². The van der Waals surface area contributed by atoms with Crippen molar-refractivity contribution in [3.05, 3.63) is 58.1 Å². The lowest BCUT2D eigenvalue weighted by atomic mass is 10.2. The third kappa shape index (κ3) is 5.46. The molecule has 4 nitrogen and oxygen atoms in total. The maximum Gasteiger partial charge on any atom is 0.248 e. The van der Waals surface area contributed by atoms with Crippen LogP contribution in [0.3, 0.4) is 0 Å². The maximum absolute atomic E-state index is 12.0. The zero-order valence-electron chi connectivity index (χ0n) is 13.4. The Labute approximate surface area is 156 Å². The lowest BCUT2D eigenvalue weighted by Gasteiger charge is -2.09. The molecule has 2 rings (SSSR count). The first-order valence-electron chi connectivity index (χ1n) is 7.22. The molecule has 0 saturated heterocycles. The predicted molar refractivity (Wildman–Crippen MR) is 101 cm³/mol. The number of anilines is 1. The molecule has 0 aliphatic heterocycles. The van der Waals surface area contributed by atoms with E-state index in [0.29, 0.717) is 27.2 Å². The molecule has 0 spiro atoms. The van der Waals surface area contributed by atoms with E-state index in [1.54, 1.807) is 42.5 Å². The summed E-state index contributed by atoms with van der Waals surface area (Å²) in [5.41, 5.74) is 1.33. The number of terminal acetylenes is 1. The van der Waals surface area contributed by atoms with Crippen LogP contribution in [0, 0.1) is 12.3 Å². The molecule has 0 saturated carbocycles. The molecule has 0 aliphatic carbocycles. The van der Waals surface area contributed by atoms with Gasteiger partial charge in [-0.1, -0.05) is 35.2 Å². The SMILES string of the molecule is C#CCOc1ccc(/C=C/C(=O)Nc2ccc(Cl)c(Cl)c2)cc1OC. The largest absolute Gasteiger partial charge is 0.493 e. The summed E-state index contributed by atoms with van der Waals surface area (Å²) < 4.78 is 10.6. The molecule has 1 amide bonds. The van der Waals surface area contributed by atoms with E-state index >= 15 is 0 Å². The second-order valence-corrected chi connectivity index (χ2v) is 5.67. The molecule has 0 unspecified atom stereocenters. The number of hydrogen-bond acceptors (Lipinski definition) is 3. The van der Waals surface area contributed by atoms with Gasteiger partial charge in [0.25, 0.3) is 0 Å². The van der Waals surface area contributed by atoms with Gasteiger partial charge in [0.15, 0.2) is 11.5 Å². The van der Waals surface area contributed by atoms with Crippen molar-refractivity contribution < 1.29 is 14.3 Å². The van der Waals surface area contributed by atoms with Crippen molar-refractivity contribution in [3.63, 3.8) is 0 Å². The van der Waals surface area contributed by atoms with Gasteiger partial charge in [-0.3, -0.25) is 4.79 Å². The van der Waals surface area contributed by atoms with Crippen molar-refractivity contribution >= 4 is 40.9 Å². The maximum atomic E-state index is 12.0. The van der Waals surface area contributed by atoms with Gasteiger partial charge in [0, 0.05) is 11.8 Å². The van der Waals surface area contributed by atoms with Gasteiger partial charge in [-0.15, -0.1) is 6.42 Å². The molecule has 2 aromatic rings. The minimum atomic E-state index is -0.301. The van der Waals surface area contributed by atoms with Crippen molar-refractivity contribution in [2.45, 2.75) is 0 Å². The summed E-state index contributed by atoms with van der Waals surface area (Å²) in [6.45, 7) is 0.150. The smallest absolute Gasteiger partial charge is 0.248 e. The lowest BCUT2D eigenvalue weighted by Crippen LogP contribution is -2.07. The van der Waals surface area contributed by atoms with E-state index in [1.807, 2.05) is 0 Å². The average molecular weight is 376 g/mol. The zero-order valence-corrected chi connectivity index (χ0v) is 14.9. The number of nitrogens with one attached hydrogen (secondary N) is 1. The zero-order chi connectivity index (χ0) is 18.2. The van der Waals surface area contributed by atoms with E-state index in [1.165, 1.54) is 13.2 Å². The molecule has 0 heterocycles. The summed E-state index contributed by atoms with van der Waals surface area (Å²) in [4.78, 5) is 12.0. The topological polar surface area (TPSA) is 47.6 Å². The molecular weight excluding hydrogens is 361 g/mol. The van der Waals surface area contributed by atoms with Crippen LogP contribution in [-0.2, 0) is 4.79 Å². The normalized spacial score (nSPS) is 10.3. The van der Waals surface area contributed by atoms with E-state index in [2.05, 4.69) is 11.2 Å². The Balaban J connectivity index is 2.06. The summed E-state index contributed by atoms with van der Waals surface area (Å²) >= 11 is 11.8. The van der Waals surface area contributed by atoms with Crippen LogP contribution in [-0.4, -0.2) is 19.6 Å². The Morgan fingerprint density at radius 3 is 2.68 bits per heavy atom. The fourth-order valence-corrected chi connectivity index (χ4v) is 2.25. The number of benzene rings is 2. The fourth-order valence-electron chi connectivity index (χ4n) is 1.96. The Hall–Kier alpha value is -2.61. The van der Waals surface area contributed by atoms with Crippen LogP contribution < -0.4 is 14.8 Å². The number of amides is 1. The lowest BCUT2D eigenvalue weighted by molar-refractivity contribution is -0.111. The van der Waals surface area contributed by atoms with Crippen molar-refractivity contribution in [3.8, 4) is 23.8 Å². The number of carbonyl (C=O) groups excluding carboxylic acids is 1. The molecule has 0 fully saturated rings. The molecule has 0 atom stereocenters. The van der Waals surface area contributed by atoms with Crippen LogP contribution in [0.1, 0.15) is 5.56 Å². The summed E-state index contributed by atoms with van der Waals surface area (Å²) in [5.74, 6) is 3.16. The van der Waals surface area contributed by atoms with Crippen molar-refractivity contribution in [1.29, 1.82) is 0 Å². The highest BCUT2D eigenvalue weighted by atomic mass is 35.5. The van der Waals surface area contributed by atoms with Crippen LogP contribution in [0.2, 0.25) is 10.0 Å². The van der Waals surface area contributed by atoms with Crippen LogP contribution in [0.25, 0.3) is 6.08 Å². The summed E-state index contributed by atoms with van der Waals surface area (Å²) in [6, 6.07) is 10.1. The van der Waals surface area contributed by atoms with E-state index in [0.717, 1.165) is 5.56 Å². The molecule has 0 bridgehead atoms. The second-order valence-electron chi connectivity index (χ2n) is 4.85. The average Bonchev–Trinajstić information content (AvgIpc) is 2.61. The van der Waals surface area contributed by atoms with Crippen LogP contribution in [0.4, 0.5) is 5.69 Å². The molecule has 0 aliphatic rings. The first kappa shape index (κ1) is 18.7. The van der Waals surface area contributed by atoms with Crippen LogP contribution in [0.5, 0.6) is 11.5 Å². The standard InChI is InChI=1S/C19H15Cl2NO3/c1-3-10-25-17-8-4-13(11-18(17)24-2)5-9-19(23)22-14-6-7-15(20)16(21)12-14/h1,4-9,11-12H,10H2,2H3,(H,22,23)/b9-5+. The number of ether oxygens (including phenoxy) is 2. The van der Waals surface area contributed by atoms with Gasteiger partial charge < -0.3 is 14.8 Å². The Morgan fingerprint density at radius 1 is 1.20 bits per heavy atom. The van der Waals surface area contributed by atoms with E-state index in [4.69, 9.17) is 39.1 Å². The third-order valence-electron chi connectivity index (χ3n) is 3.11. The van der Waals surface area contributed by atoms with Crippen LogP contribution in [0.15, 0.2) is 42.5 Å². The van der Waals surface area contributed by atoms with Gasteiger partial charge >= 0.3 is 0 Å². The number of halogens is 2. The van der Waals surface area contributed by atoms with Gasteiger partial charge in [-0.25, -0.2) is 0 Å². The Morgan fingerprint density at radius 2 is 2.00 bits per heavy atom. The first-order valence-corrected chi connectivity index (χ1v) is 7.97. The summed E-state index contributed by atoms with van der Waals surface area (Å²) in [6.07, 6.45) is 8.23. The van der Waals surface area contributed by atoms with E-state index in [9.17, 15) is 4.79 Å². The van der Waals surface area contributed by atoms with Gasteiger partial charge in [0.05, 0.1) is 17.2 Å². The summed E-state index contributed by atoms with van der Waals surface area (Å²) in [5, 5.41) is 3.50. The molecule has 1 N–H and O–H groups in total. The van der Waals surface area contributed by atoms with Gasteiger partial charge in [0.2, 0.25) is 5.91 Å². The van der Waals surface area contributed by atoms with Crippen molar-refractivity contribution in [2.75, 3.05) is 19.0 Å². The fraction of sp³-hybridized carbons (Fsp3) is 0.105. The quantitative estimate of drug-likeness (QED) is 0.589. The molecule has 0 aromatic heterocycles. The van der Waals surface area contributed by atoms with Crippen molar-refractivity contribution in [2.24, 2.45) is 0 Å². The Bertz CT molecular complexity index is 841. The minimum absolute atomic E-state index is 0.150. The molecule has 6 heteroatoms. The van der Waals surface area contributed by atoms with Gasteiger partial charge in [-0.05, 0) is 42.0 Å². The number of hydrogen-bond donors (Lipinski definition) is 1. The molecule has 25 heavy (non-hydrogen) atoms. The molecule has 0 radical (unpaired) electrons. The number of methoxy groups -OCH3 is 1. The highest BCUT2D eigenvalue weighted by Crippen LogP contribution is 2.28. The van der Waals surface area contributed by atoms with Crippen LogP contribution >= 0.6 is 23.2 Å². The highest BCUT2D eigenvalue weighted by Gasteiger charge is 2.05. The highest BCUT2D eigenvalue weighted by molar-refractivity contribution is 6.42. The number of carbonyl (C=O) groups is 1. The summed E-state index contributed by atoms with van der Waals surface area (Å²) in [7, 11) is 1.53. The van der Waals surface area contributed by atoms with Gasteiger partial charge in [-0.2, -0.15) is 0 Å². The molecule has 128 valence electrons. The minimum Gasteiger partial charge on any atom is -0.493 e. The first-order chi connectivity index (χ1) is 12.0. The third-order valence-corrected chi connectivity index (χ3v) is 3.85. The Kier molecular flexibility index (Phi) is 6.76. The van der Waals surface area contributed by atoms with Gasteiger partial charge in [0.1, 0.15) is 6.61 Å². The molecule has 2 aromatic carbocycles. The second kappa shape index (κ2) is 9.03. The molecular formula is C19H15Cl2NO3. The van der Waals surface area contributed by atoms with E-state index in [-0.39, 0.29) is 12.5 Å². The van der Waals surface area contributed by atoms with Crippen molar-refractivity contribution in [1.82, 2.24) is 0 Å². The predicted octanol–water partition coefficient (Wildman–Crippen LogP) is 4.67. The number of rotatable bonds is 6. The monoisotopic (exact) mass is 375 g/mol.